The van der Waals surface area contributed by atoms with E-state index in [0.29, 0.717) is 30.1 Å². The third-order valence-corrected chi connectivity index (χ3v) is 4.66. The number of carbonyl (C=O) groups excluding carboxylic acids is 1. The number of hydrogen-bond acceptors (Lipinski definition) is 4. The fourth-order valence-electron chi connectivity index (χ4n) is 3.19. The first kappa shape index (κ1) is 16.4. The van der Waals surface area contributed by atoms with Crippen LogP contribution in [-0.2, 0) is 11.3 Å². The van der Waals surface area contributed by atoms with E-state index in [9.17, 15) is 9.18 Å². The summed E-state index contributed by atoms with van der Waals surface area (Å²) in [5.74, 6) is 0.526. The summed E-state index contributed by atoms with van der Waals surface area (Å²) >= 11 is 0. The molecule has 1 aliphatic heterocycles. The second kappa shape index (κ2) is 6.71. The highest BCUT2D eigenvalue weighted by Gasteiger charge is 2.36. The second-order valence-electron chi connectivity index (χ2n) is 6.49. The van der Waals surface area contributed by atoms with Crippen molar-refractivity contribution in [1.29, 1.82) is 0 Å². The van der Waals surface area contributed by atoms with Gasteiger partial charge in [0.25, 0.3) is 0 Å². The minimum absolute atomic E-state index is 0.0339. The van der Waals surface area contributed by atoms with Crippen molar-refractivity contribution in [2.45, 2.75) is 32.4 Å². The van der Waals surface area contributed by atoms with E-state index in [1.165, 1.54) is 6.07 Å². The van der Waals surface area contributed by atoms with Crippen LogP contribution in [0.2, 0.25) is 0 Å². The molecule has 0 aliphatic carbocycles. The van der Waals surface area contributed by atoms with E-state index >= 15 is 0 Å². The Hall–Kier alpha value is -3.02. The van der Waals surface area contributed by atoms with Gasteiger partial charge in [0.05, 0.1) is 0 Å². The summed E-state index contributed by atoms with van der Waals surface area (Å²) in [7, 11) is 0. The quantitative estimate of drug-likeness (QED) is 0.711. The number of nitrogens with zero attached hydrogens (tertiary/aromatic N) is 3. The molecule has 26 heavy (non-hydrogen) atoms. The van der Waals surface area contributed by atoms with Gasteiger partial charge >= 0.3 is 0 Å². The Bertz CT molecular complexity index is 936. The van der Waals surface area contributed by atoms with Gasteiger partial charge in [0.15, 0.2) is 0 Å². The zero-order valence-electron chi connectivity index (χ0n) is 14.4. The zero-order valence-corrected chi connectivity index (χ0v) is 14.4. The van der Waals surface area contributed by atoms with Crippen molar-refractivity contribution in [2.75, 3.05) is 0 Å². The van der Waals surface area contributed by atoms with Crippen LogP contribution in [0.1, 0.15) is 35.9 Å². The van der Waals surface area contributed by atoms with Crippen LogP contribution in [0.5, 0.6) is 0 Å². The number of rotatable bonds is 4. The molecule has 1 saturated heterocycles. The summed E-state index contributed by atoms with van der Waals surface area (Å²) in [6.45, 7) is 2.20. The van der Waals surface area contributed by atoms with Gasteiger partial charge < -0.3 is 9.42 Å². The van der Waals surface area contributed by atoms with E-state index in [0.717, 1.165) is 11.1 Å². The number of likely N-dealkylation sites (tertiary alicyclic amines) is 1. The van der Waals surface area contributed by atoms with Gasteiger partial charge in [-0.1, -0.05) is 53.2 Å². The molecule has 0 radical (unpaired) electrons. The summed E-state index contributed by atoms with van der Waals surface area (Å²) in [5, 5.41) is 4.05. The van der Waals surface area contributed by atoms with Gasteiger partial charge in [-0.2, -0.15) is 4.98 Å². The summed E-state index contributed by atoms with van der Waals surface area (Å²) in [4.78, 5) is 18.4. The van der Waals surface area contributed by atoms with Gasteiger partial charge in [0.1, 0.15) is 11.9 Å². The Morgan fingerprint density at radius 1 is 1.19 bits per heavy atom. The highest BCUT2D eigenvalue weighted by atomic mass is 19.1. The first-order chi connectivity index (χ1) is 12.6. The molecule has 1 fully saturated rings. The number of benzene rings is 2. The maximum atomic E-state index is 14.0. The largest absolute Gasteiger partial charge is 0.337 e. The van der Waals surface area contributed by atoms with Gasteiger partial charge in [-0.05, 0) is 19.4 Å². The Labute approximate surface area is 150 Å². The van der Waals surface area contributed by atoms with Crippen LogP contribution < -0.4 is 0 Å². The maximum absolute atomic E-state index is 14.0. The lowest BCUT2D eigenvalue weighted by Gasteiger charge is -2.22. The Morgan fingerprint density at radius 3 is 2.73 bits per heavy atom. The first-order valence-corrected chi connectivity index (χ1v) is 8.55. The van der Waals surface area contributed by atoms with Crippen LogP contribution in [0.4, 0.5) is 4.39 Å². The van der Waals surface area contributed by atoms with E-state index < -0.39 is 0 Å². The molecule has 1 aromatic heterocycles. The van der Waals surface area contributed by atoms with Crippen LogP contribution in [-0.4, -0.2) is 20.9 Å². The predicted molar refractivity (Wildman–Crippen MR) is 93.4 cm³/mol. The molecule has 0 N–H and O–H groups in total. The van der Waals surface area contributed by atoms with Crippen LogP contribution in [0.3, 0.4) is 0 Å². The van der Waals surface area contributed by atoms with E-state index in [1.807, 2.05) is 31.2 Å². The van der Waals surface area contributed by atoms with E-state index in [1.54, 1.807) is 23.1 Å². The van der Waals surface area contributed by atoms with Crippen LogP contribution in [0.15, 0.2) is 53.1 Å². The second-order valence-corrected chi connectivity index (χ2v) is 6.49. The standard InChI is InChI=1S/C20H18FN3O2/c1-13-6-8-14(9-7-13)19-22-20(26-23-19)17-10-11-18(25)24(17)12-15-4-2-3-5-16(15)21/h2-9,17H,10-12H2,1H3. The minimum Gasteiger partial charge on any atom is -0.337 e. The smallest absolute Gasteiger partial charge is 0.249 e. The van der Waals surface area contributed by atoms with Crippen LogP contribution >= 0.6 is 0 Å². The Kier molecular flexibility index (Phi) is 4.24. The summed E-state index contributed by atoms with van der Waals surface area (Å²) in [6, 6.07) is 14.0. The van der Waals surface area contributed by atoms with Gasteiger partial charge in [0.2, 0.25) is 17.6 Å². The normalized spacial score (nSPS) is 17.1. The Balaban J connectivity index is 1.59. The number of halogens is 1. The van der Waals surface area contributed by atoms with Crippen molar-refractivity contribution >= 4 is 5.91 Å². The van der Waals surface area contributed by atoms with Crippen molar-refractivity contribution in [3.63, 3.8) is 0 Å². The molecule has 0 saturated carbocycles. The van der Waals surface area contributed by atoms with Crippen molar-refractivity contribution in [2.24, 2.45) is 0 Å². The molecule has 1 amide bonds. The number of amides is 1. The molecule has 6 heteroatoms. The lowest BCUT2D eigenvalue weighted by atomic mass is 10.1. The molecule has 0 bridgehead atoms. The van der Waals surface area contributed by atoms with E-state index in [-0.39, 0.29) is 24.3 Å². The molecular weight excluding hydrogens is 333 g/mol. The monoisotopic (exact) mass is 351 g/mol. The number of carbonyl (C=O) groups is 1. The van der Waals surface area contributed by atoms with Crippen molar-refractivity contribution in [3.05, 3.63) is 71.4 Å². The molecule has 132 valence electrons. The molecular formula is C20H18FN3O2. The van der Waals surface area contributed by atoms with E-state index in [4.69, 9.17) is 4.52 Å². The number of aromatic nitrogens is 2. The number of hydrogen-bond donors (Lipinski definition) is 0. The summed E-state index contributed by atoms with van der Waals surface area (Å²) in [5.41, 5.74) is 2.48. The average molecular weight is 351 g/mol. The van der Waals surface area contributed by atoms with Crippen LogP contribution in [0.25, 0.3) is 11.4 Å². The maximum Gasteiger partial charge on any atom is 0.249 e. The van der Waals surface area contributed by atoms with Crippen molar-refractivity contribution in [1.82, 2.24) is 15.0 Å². The topological polar surface area (TPSA) is 59.2 Å². The third kappa shape index (κ3) is 3.10. The molecule has 1 aliphatic rings. The van der Waals surface area contributed by atoms with Gasteiger partial charge in [0, 0.05) is 24.1 Å². The molecule has 2 heterocycles. The van der Waals surface area contributed by atoms with E-state index in [2.05, 4.69) is 10.1 Å². The third-order valence-electron chi connectivity index (χ3n) is 4.66. The van der Waals surface area contributed by atoms with Crippen LogP contribution in [0, 0.1) is 12.7 Å². The molecule has 5 nitrogen and oxygen atoms in total. The lowest BCUT2D eigenvalue weighted by Crippen LogP contribution is -2.27. The first-order valence-electron chi connectivity index (χ1n) is 8.55. The van der Waals surface area contributed by atoms with Gasteiger partial charge in [-0.15, -0.1) is 0 Å². The molecule has 3 aromatic rings. The van der Waals surface area contributed by atoms with Crippen molar-refractivity contribution < 1.29 is 13.7 Å². The van der Waals surface area contributed by atoms with Gasteiger partial charge in [-0.3, -0.25) is 4.79 Å². The molecule has 1 unspecified atom stereocenters. The molecule has 2 aromatic carbocycles. The summed E-state index contributed by atoms with van der Waals surface area (Å²) < 4.78 is 19.4. The lowest BCUT2D eigenvalue weighted by molar-refractivity contribution is -0.130. The SMILES string of the molecule is Cc1ccc(-c2noc(C3CCC(=O)N3Cc3ccccc3F)n2)cc1. The molecule has 4 rings (SSSR count). The predicted octanol–water partition coefficient (Wildman–Crippen LogP) is 4.05. The highest BCUT2D eigenvalue weighted by Crippen LogP contribution is 2.34. The zero-order chi connectivity index (χ0) is 18.1. The van der Waals surface area contributed by atoms with Crippen molar-refractivity contribution in [3.8, 4) is 11.4 Å². The molecule has 0 spiro atoms. The minimum atomic E-state index is -0.325. The fourth-order valence-corrected chi connectivity index (χ4v) is 3.19. The molecule has 1 atom stereocenters. The number of aryl methyl sites for hydroxylation is 1. The highest BCUT2D eigenvalue weighted by molar-refractivity contribution is 5.78. The Morgan fingerprint density at radius 2 is 1.96 bits per heavy atom. The average Bonchev–Trinajstić information content (AvgIpc) is 3.25. The fraction of sp³-hybridized carbons (Fsp3) is 0.250. The van der Waals surface area contributed by atoms with Gasteiger partial charge in [-0.25, -0.2) is 4.39 Å². The summed E-state index contributed by atoms with van der Waals surface area (Å²) in [6.07, 6.45) is 0.976.